The van der Waals surface area contributed by atoms with Crippen molar-refractivity contribution in [3.8, 4) is 0 Å². The maximum absolute atomic E-state index is 12.6. The van der Waals surface area contributed by atoms with Crippen molar-refractivity contribution >= 4 is 11.6 Å². The van der Waals surface area contributed by atoms with Gasteiger partial charge in [0.15, 0.2) is 0 Å². The van der Waals surface area contributed by atoms with Gasteiger partial charge in [-0.3, -0.25) is 4.79 Å². The molecule has 4 nitrogen and oxygen atoms in total. The van der Waals surface area contributed by atoms with Gasteiger partial charge in [-0.25, -0.2) is 0 Å². The molecule has 2 N–H and O–H groups in total. The van der Waals surface area contributed by atoms with Crippen LogP contribution in [0.4, 0.5) is 5.69 Å². The molecule has 0 aromatic heterocycles. The predicted molar refractivity (Wildman–Crippen MR) is 87.9 cm³/mol. The average molecular weight is 289 g/mol. The highest BCUT2D eigenvalue weighted by Gasteiger charge is 2.20. The van der Waals surface area contributed by atoms with Gasteiger partial charge < -0.3 is 15.5 Å². The highest BCUT2D eigenvalue weighted by Crippen LogP contribution is 2.22. The van der Waals surface area contributed by atoms with Crippen LogP contribution in [0, 0.1) is 12.3 Å². The summed E-state index contributed by atoms with van der Waals surface area (Å²) < 4.78 is 0. The number of carbonyl (C=O) groups excluding carboxylic acids is 1. The van der Waals surface area contributed by atoms with E-state index in [2.05, 4.69) is 37.5 Å². The minimum absolute atomic E-state index is 0.147. The largest absolute Gasteiger partial charge is 0.384 e. The number of hydrogen-bond acceptors (Lipinski definition) is 3. The summed E-state index contributed by atoms with van der Waals surface area (Å²) in [4.78, 5) is 14.6. The van der Waals surface area contributed by atoms with Crippen molar-refractivity contribution in [3.63, 3.8) is 0 Å². The lowest BCUT2D eigenvalue weighted by atomic mass is 9.96. The number of nitrogens with zero attached hydrogens (tertiary/aromatic N) is 1. The third-order valence-corrected chi connectivity index (χ3v) is 3.78. The van der Waals surface area contributed by atoms with Gasteiger partial charge in [-0.15, -0.1) is 0 Å². The molecular weight excluding hydrogens is 262 g/mol. The summed E-state index contributed by atoms with van der Waals surface area (Å²) in [7, 11) is 0. The van der Waals surface area contributed by atoms with Gasteiger partial charge in [0.25, 0.3) is 5.91 Å². The van der Waals surface area contributed by atoms with E-state index in [1.54, 1.807) is 0 Å². The zero-order valence-corrected chi connectivity index (χ0v) is 13.6. The first-order valence-electron chi connectivity index (χ1n) is 7.72. The van der Waals surface area contributed by atoms with Gasteiger partial charge in [0.05, 0.1) is 0 Å². The first-order chi connectivity index (χ1) is 9.88. The Morgan fingerprint density at radius 3 is 2.57 bits per heavy atom. The summed E-state index contributed by atoms with van der Waals surface area (Å²) in [5, 5.41) is 6.75. The Labute approximate surface area is 127 Å². The lowest BCUT2D eigenvalue weighted by Crippen LogP contribution is -2.46. The molecule has 0 saturated carbocycles. The van der Waals surface area contributed by atoms with Crippen LogP contribution in [0.15, 0.2) is 18.2 Å². The Bertz CT molecular complexity index is 499. The molecule has 1 heterocycles. The third-order valence-electron chi connectivity index (χ3n) is 3.78. The quantitative estimate of drug-likeness (QED) is 0.898. The molecule has 1 amide bonds. The monoisotopic (exact) mass is 289 g/mol. The number of hydrogen-bond donors (Lipinski definition) is 2. The Hall–Kier alpha value is -1.55. The van der Waals surface area contributed by atoms with Crippen molar-refractivity contribution in [2.45, 2.75) is 27.7 Å². The first kappa shape index (κ1) is 15.8. The molecule has 2 rings (SSSR count). The maximum atomic E-state index is 12.6. The number of rotatable bonds is 3. The van der Waals surface area contributed by atoms with E-state index in [4.69, 9.17) is 0 Å². The molecule has 0 aliphatic carbocycles. The Kier molecular flexibility index (Phi) is 4.88. The van der Waals surface area contributed by atoms with Crippen molar-refractivity contribution in [3.05, 3.63) is 29.3 Å². The molecule has 1 aromatic rings. The Balaban J connectivity index is 2.14. The molecule has 4 heteroatoms. The fourth-order valence-electron chi connectivity index (χ4n) is 2.46. The van der Waals surface area contributed by atoms with Crippen LogP contribution in [0.25, 0.3) is 0 Å². The second-order valence-electron chi connectivity index (χ2n) is 6.93. The zero-order chi connectivity index (χ0) is 15.5. The number of benzene rings is 1. The first-order valence-corrected chi connectivity index (χ1v) is 7.72. The SMILES string of the molecule is Cc1c(NCC(C)(C)C)cccc1C(=O)N1CCNCC1. The van der Waals surface area contributed by atoms with E-state index in [1.807, 2.05) is 24.0 Å². The van der Waals surface area contributed by atoms with Gasteiger partial charge in [-0.2, -0.15) is 0 Å². The van der Waals surface area contributed by atoms with Crippen LogP contribution in [0.2, 0.25) is 0 Å². The van der Waals surface area contributed by atoms with Gasteiger partial charge in [0.1, 0.15) is 0 Å². The Morgan fingerprint density at radius 1 is 1.29 bits per heavy atom. The van der Waals surface area contributed by atoms with Crippen LogP contribution in [-0.4, -0.2) is 43.5 Å². The van der Waals surface area contributed by atoms with Crippen LogP contribution < -0.4 is 10.6 Å². The smallest absolute Gasteiger partial charge is 0.254 e. The number of anilines is 1. The number of carbonyl (C=O) groups is 1. The van der Waals surface area contributed by atoms with E-state index in [0.29, 0.717) is 0 Å². The fourth-order valence-corrected chi connectivity index (χ4v) is 2.46. The lowest BCUT2D eigenvalue weighted by molar-refractivity contribution is 0.0735. The van der Waals surface area contributed by atoms with Crippen molar-refractivity contribution in [1.29, 1.82) is 0 Å². The fraction of sp³-hybridized carbons (Fsp3) is 0.588. The number of amides is 1. The average Bonchev–Trinajstić information content (AvgIpc) is 2.45. The van der Waals surface area contributed by atoms with Gasteiger partial charge in [-0.1, -0.05) is 26.8 Å². The van der Waals surface area contributed by atoms with Gasteiger partial charge in [-0.05, 0) is 30.0 Å². The maximum Gasteiger partial charge on any atom is 0.254 e. The summed E-state index contributed by atoms with van der Waals surface area (Å²) in [6.07, 6.45) is 0. The molecule has 0 unspecified atom stereocenters. The second kappa shape index (κ2) is 6.48. The summed E-state index contributed by atoms with van der Waals surface area (Å²) in [6, 6.07) is 5.95. The summed E-state index contributed by atoms with van der Waals surface area (Å²) in [5.74, 6) is 0.147. The van der Waals surface area contributed by atoms with E-state index in [-0.39, 0.29) is 11.3 Å². The minimum Gasteiger partial charge on any atom is -0.384 e. The molecule has 0 bridgehead atoms. The van der Waals surface area contributed by atoms with Gasteiger partial charge in [0.2, 0.25) is 0 Å². The van der Waals surface area contributed by atoms with Crippen LogP contribution >= 0.6 is 0 Å². The van der Waals surface area contributed by atoms with Crippen molar-refractivity contribution in [2.24, 2.45) is 5.41 Å². The summed E-state index contributed by atoms with van der Waals surface area (Å²) in [5.41, 5.74) is 3.14. The van der Waals surface area contributed by atoms with E-state index < -0.39 is 0 Å². The van der Waals surface area contributed by atoms with Gasteiger partial charge >= 0.3 is 0 Å². The minimum atomic E-state index is 0.147. The molecule has 0 spiro atoms. The van der Waals surface area contributed by atoms with Crippen LogP contribution in [0.1, 0.15) is 36.7 Å². The highest BCUT2D eigenvalue weighted by atomic mass is 16.2. The summed E-state index contributed by atoms with van der Waals surface area (Å²) in [6.45, 7) is 12.9. The molecule has 1 aliphatic heterocycles. The second-order valence-corrected chi connectivity index (χ2v) is 6.93. The molecule has 1 fully saturated rings. The third kappa shape index (κ3) is 4.21. The molecule has 1 aliphatic rings. The zero-order valence-electron chi connectivity index (χ0n) is 13.6. The van der Waals surface area contributed by atoms with E-state index >= 15 is 0 Å². The standard InChI is InChI=1S/C17H27N3O/c1-13-14(16(21)20-10-8-18-9-11-20)6-5-7-15(13)19-12-17(2,3)4/h5-7,18-19H,8-12H2,1-4H3. The van der Waals surface area contributed by atoms with Gasteiger partial charge in [0, 0.05) is 44.0 Å². The number of nitrogens with one attached hydrogen (secondary N) is 2. The van der Waals surface area contributed by atoms with Crippen molar-refractivity contribution in [2.75, 3.05) is 38.0 Å². The number of piperazine rings is 1. The highest BCUT2D eigenvalue weighted by molar-refractivity contribution is 5.97. The van der Waals surface area contributed by atoms with E-state index in [0.717, 1.165) is 49.5 Å². The van der Waals surface area contributed by atoms with Crippen molar-refractivity contribution < 1.29 is 4.79 Å². The van der Waals surface area contributed by atoms with E-state index in [9.17, 15) is 4.79 Å². The van der Waals surface area contributed by atoms with Crippen molar-refractivity contribution in [1.82, 2.24) is 10.2 Å². The Morgan fingerprint density at radius 2 is 1.95 bits per heavy atom. The molecule has 21 heavy (non-hydrogen) atoms. The summed E-state index contributed by atoms with van der Waals surface area (Å²) >= 11 is 0. The normalized spacial score (nSPS) is 15.9. The lowest BCUT2D eigenvalue weighted by Gasteiger charge is -2.28. The molecule has 116 valence electrons. The molecule has 0 atom stereocenters. The molecule has 1 saturated heterocycles. The van der Waals surface area contributed by atoms with Crippen LogP contribution in [0.5, 0.6) is 0 Å². The van der Waals surface area contributed by atoms with E-state index in [1.165, 1.54) is 0 Å². The van der Waals surface area contributed by atoms with Crippen LogP contribution in [0.3, 0.4) is 0 Å². The van der Waals surface area contributed by atoms with Crippen LogP contribution in [-0.2, 0) is 0 Å². The molecule has 1 aromatic carbocycles. The molecular formula is C17H27N3O. The molecule has 0 radical (unpaired) electrons. The topological polar surface area (TPSA) is 44.4 Å². The predicted octanol–water partition coefficient (Wildman–Crippen LogP) is 2.50.